The molecule has 6 unspecified atom stereocenters. The van der Waals surface area contributed by atoms with Crippen molar-refractivity contribution in [3.8, 4) is 0 Å². The molecule has 0 aromatic rings. The van der Waals surface area contributed by atoms with Crippen LogP contribution < -0.4 is 0 Å². The number of rotatable bonds is 41. The quantitative estimate of drug-likeness (QED) is 0.0197. The van der Waals surface area contributed by atoms with Crippen LogP contribution >= 0.6 is 0 Å². The van der Waals surface area contributed by atoms with Gasteiger partial charge < -0.3 is 34.3 Å². The number of carbonyl (C=O) groups is 2. The Morgan fingerprint density at radius 1 is 0.530 bits per heavy atom. The summed E-state index contributed by atoms with van der Waals surface area (Å²) >= 11 is 0. The van der Waals surface area contributed by atoms with Crippen LogP contribution in [0.4, 0.5) is 0 Å². The molecule has 4 N–H and O–H groups in total. The first kappa shape index (κ1) is 60.8. The summed E-state index contributed by atoms with van der Waals surface area (Å²) in [5.74, 6) is -2.10. The molecule has 1 rings (SSSR count). The Kier molecular flexibility index (Phi) is 38.7. The van der Waals surface area contributed by atoms with Gasteiger partial charge in [-0.3, -0.25) is 14.1 Å². The van der Waals surface area contributed by atoms with E-state index in [4.69, 9.17) is 18.9 Å². The molecule has 12 nitrogen and oxygen atoms in total. The van der Waals surface area contributed by atoms with E-state index in [2.05, 4.69) is 80.7 Å². The van der Waals surface area contributed by atoms with Crippen molar-refractivity contribution < 1.29 is 56.8 Å². The number of esters is 2. The van der Waals surface area contributed by atoms with E-state index in [0.29, 0.717) is 19.3 Å². The van der Waals surface area contributed by atoms with Crippen molar-refractivity contribution in [3.05, 3.63) is 85.1 Å². The first-order valence-corrected chi connectivity index (χ1v) is 26.8. The van der Waals surface area contributed by atoms with Gasteiger partial charge in [0.25, 0.3) is 10.1 Å². The van der Waals surface area contributed by atoms with Gasteiger partial charge >= 0.3 is 11.9 Å². The fourth-order valence-corrected chi connectivity index (χ4v) is 7.80. The van der Waals surface area contributed by atoms with Crippen LogP contribution in [0.1, 0.15) is 181 Å². The molecule has 0 amide bonds. The average molecular weight is 949 g/mol. The van der Waals surface area contributed by atoms with E-state index in [-0.39, 0.29) is 19.4 Å². The van der Waals surface area contributed by atoms with Crippen molar-refractivity contribution in [2.24, 2.45) is 0 Å². The Balaban J connectivity index is 2.45. The van der Waals surface area contributed by atoms with Crippen LogP contribution in [-0.2, 0) is 38.7 Å². The van der Waals surface area contributed by atoms with Crippen LogP contribution in [0, 0.1) is 0 Å². The standard InChI is InChI=1S/C53H88O12S/c1-3-5-7-9-11-13-15-17-19-21-23-25-27-29-31-33-35-37-39-41-48(54)62-43-46(44-63-53-52(58)51(57)50(56)47(65-53)45-66(59,60)61)64-49(55)42-40-38-36-34-32-30-28-26-24-22-20-18-16-14-12-10-8-6-4-2/h6,8,12,14,17-20,24,26,30,32,36,38,46-47,50-53,56-58H,3-5,7,9-11,13,15-16,21-23,25,27-29,31,33-35,37,39-45H2,1-2H3,(H,59,60,61)/b8-6-,14-12-,19-17-,20-18-,26-24-,32-30-,38-36-. The van der Waals surface area contributed by atoms with Gasteiger partial charge in [0.1, 0.15) is 36.8 Å². The predicted octanol–water partition coefficient (Wildman–Crippen LogP) is 11.2. The minimum absolute atomic E-state index is 0.0349. The Morgan fingerprint density at radius 2 is 0.985 bits per heavy atom. The summed E-state index contributed by atoms with van der Waals surface area (Å²) in [6, 6.07) is 0. The number of allylic oxidation sites excluding steroid dienone is 14. The summed E-state index contributed by atoms with van der Waals surface area (Å²) in [6.45, 7) is 3.59. The summed E-state index contributed by atoms with van der Waals surface area (Å²) in [5, 5.41) is 31.0. The maximum Gasteiger partial charge on any atom is 0.306 e. The number of ether oxygens (including phenoxy) is 4. The predicted molar refractivity (Wildman–Crippen MR) is 265 cm³/mol. The van der Waals surface area contributed by atoms with Crippen LogP contribution in [0.25, 0.3) is 0 Å². The maximum atomic E-state index is 12.8. The zero-order chi connectivity index (χ0) is 48.4. The molecule has 1 heterocycles. The average Bonchev–Trinajstić information content (AvgIpc) is 3.28. The summed E-state index contributed by atoms with van der Waals surface area (Å²) in [4.78, 5) is 25.5. The second kappa shape index (κ2) is 42.0. The van der Waals surface area contributed by atoms with E-state index in [1.54, 1.807) is 0 Å². The molecule has 66 heavy (non-hydrogen) atoms. The van der Waals surface area contributed by atoms with Crippen LogP contribution in [0.3, 0.4) is 0 Å². The molecular formula is C53H88O12S. The number of unbranched alkanes of at least 4 members (excludes halogenated alkanes) is 15. The molecule has 1 aliphatic rings. The molecule has 0 spiro atoms. The lowest BCUT2D eigenvalue weighted by molar-refractivity contribution is -0.297. The van der Waals surface area contributed by atoms with Crippen molar-refractivity contribution in [1.82, 2.24) is 0 Å². The first-order valence-electron chi connectivity index (χ1n) is 25.1. The molecular weight excluding hydrogens is 861 g/mol. The van der Waals surface area contributed by atoms with Crippen LogP contribution in [-0.4, -0.2) is 96.0 Å². The van der Waals surface area contributed by atoms with Gasteiger partial charge in [0.15, 0.2) is 12.4 Å². The zero-order valence-corrected chi connectivity index (χ0v) is 41.3. The largest absolute Gasteiger partial charge is 0.462 e. The Labute approximate surface area is 399 Å². The smallest absolute Gasteiger partial charge is 0.306 e. The third kappa shape index (κ3) is 35.9. The second-order valence-corrected chi connectivity index (χ2v) is 18.6. The van der Waals surface area contributed by atoms with Crippen molar-refractivity contribution in [2.75, 3.05) is 19.0 Å². The molecule has 0 radical (unpaired) electrons. The molecule has 1 fully saturated rings. The van der Waals surface area contributed by atoms with E-state index in [1.165, 1.54) is 83.5 Å². The number of carbonyl (C=O) groups excluding carboxylic acids is 2. The van der Waals surface area contributed by atoms with Gasteiger partial charge in [0, 0.05) is 12.8 Å². The minimum atomic E-state index is -4.62. The van der Waals surface area contributed by atoms with Crippen molar-refractivity contribution >= 4 is 22.1 Å². The van der Waals surface area contributed by atoms with Gasteiger partial charge in [-0.2, -0.15) is 8.42 Å². The lowest BCUT2D eigenvalue weighted by Gasteiger charge is -2.40. The van der Waals surface area contributed by atoms with Crippen molar-refractivity contribution in [2.45, 2.75) is 218 Å². The van der Waals surface area contributed by atoms with E-state index >= 15 is 0 Å². The van der Waals surface area contributed by atoms with Gasteiger partial charge in [-0.15, -0.1) is 0 Å². The molecule has 0 bridgehead atoms. The van der Waals surface area contributed by atoms with Crippen LogP contribution in [0.2, 0.25) is 0 Å². The van der Waals surface area contributed by atoms with Gasteiger partial charge in [-0.25, -0.2) is 0 Å². The Hall–Kier alpha value is -3.17. The molecule has 378 valence electrons. The molecule has 1 saturated heterocycles. The summed E-state index contributed by atoms with van der Waals surface area (Å²) in [6.07, 6.45) is 46.3. The lowest BCUT2D eigenvalue weighted by Crippen LogP contribution is -2.60. The molecule has 6 atom stereocenters. The normalized spacial score (nSPS) is 20.1. The van der Waals surface area contributed by atoms with Gasteiger partial charge in [0.2, 0.25) is 0 Å². The van der Waals surface area contributed by atoms with Gasteiger partial charge in [-0.05, 0) is 77.0 Å². The zero-order valence-electron chi connectivity index (χ0n) is 40.5. The molecule has 13 heteroatoms. The van der Waals surface area contributed by atoms with Crippen LogP contribution in [0.5, 0.6) is 0 Å². The highest BCUT2D eigenvalue weighted by molar-refractivity contribution is 7.85. The Morgan fingerprint density at radius 3 is 1.48 bits per heavy atom. The van der Waals surface area contributed by atoms with E-state index < -0.39 is 71.2 Å². The number of aliphatic hydroxyl groups excluding tert-OH is 3. The lowest BCUT2D eigenvalue weighted by atomic mass is 10.00. The maximum absolute atomic E-state index is 12.8. The number of hydrogen-bond acceptors (Lipinski definition) is 11. The van der Waals surface area contributed by atoms with Crippen molar-refractivity contribution in [3.63, 3.8) is 0 Å². The number of hydrogen-bond donors (Lipinski definition) is 4. The SMILES string of the molecule is CC/C=C\C/C=C\C/C=C\C/C=C\C/C=C\C/C=C\CCC(=O)OC(COC(=O)CCCCCCCCCCC/C=C\CCCCCCCC)COC1OC(CS(=O)(=O)O)C(O)C(O)C1O. The number of aliphatic hydroxyl groups is 3. The Bertz CT molecular complexity index is 1530. The third-order valence-electron chi connectivity index (χ3n) is 11.0. The highest BCUT2D eigenvalue weighted by atomic mass is 32.2. The summed E-state index contributed by atoms with van der Waals surface area (Å²) in [5.41, 5.74) is 0. The first-order chi connectivity index (χ1) is 32.0. The third-order valence-corrected chi connectivity index (χ3v) is 11.7. The van der Waals surface area contributed by atoms with Gasteiger partial charge in [-0.1, -0.05) is 176 Å². The fraction of sp³-hybridized carbons (Fsp3) is 0.698. The molecule has 0 aromatic heterocycles. The van der Waals surface area contributed by atoms with E-state index in [1.807, 2.05) is 18.2 Å². The summed E-state index contributed by atoms with van der Waals surface area (Å²) in [7, 11) is -4.62. The van der Waals surface area contributed by atoms with E-state index in [0.717, 1.165) is 51.4 Å². The van der Waals surface area contributed by atoms with Gasteiger partial charge in [0.05, 0.1) is 6.61 Å². The van der Waals surface area contributed by atoms with Crippen molar-refractivity contribution in [1.29, 1.82) is 0 Å². The highest BCUT2D eigenvalue weighted by Gasteiger charge is 2.46. The van der Waals surface area contributed by atoms with E-state index in [9.17, 15) is 37.9 Å². The fourth-order valence-electron chi connectivity index (χ4n) is 7.11. The summed E-state index contributed by atoms with van der Waals surface area (Å²) < 4.78 is 54.1. The molecule has 1 aliphatic heterocycles. The molecule has 0 aliphatic carbocycles. The highest BCUT2D eigenvalue weighted by Crippen LogP contribution is 2.24. The second-order valence-electron chi connectivity index (χ2n) is 17.1. The topological polar surface area (TPSA) is 186 Å². The van der Waals surface area contributed by atoms with Crippen LogP contribution in [0.15, 0.2) is 85.1 Å². The monoisotopic (exact) mass is 949 g/mol. The molecule has 0 saturated carbocycles. The minimum Gasteiger partial charge on any atom is -0.462 e. The molecule has 0 aromatic carbocycles.